The topological polar surface area (TPSA) is 64.2 Å². The number of unbranched alkanes of at least 4 members (excludes halogenated alkanes) is 2. The summed E-state index contributed by atoms with van der Waals surface area (Å²) in [6.07, 6.45) is 6.24. The molecule has 0 saturated carbocycles. The van der Waals surface area contributed by atoms with Gasteiger partial charge in [0.05, 0.1) is 0 Å². The number of rotatable bonds is 5. The van der Waals surface area contributed by atoms with Gasteiger partial charge in [0.2, 0.25) is 5.13 Å². The Morgan fingerprint density at radius 3 is 2.92 bits per heavy atom. The van der Waals surface area contributed by atoms with Gasteiger partial charge >= 0.3 is 0 Å². The molecule has 0 aliphatic heterocycles. The fraction of sp³-hybridized carbons (Fsp3) is 0.625. The third kappa shape index (κ3) is 3.98. The van der Waals surface area contributed by atoms with Crippen molar-refractivity contribution in [1.82, 2.24) is 10.2 Å². The summed E-state index contributed by atoms with van der Waals surface area (Å²) >= 11 is 1.47. The molecule has 0 spiro atoms. The predicted molar refractivity (Wildman–Crippen MR) is 56.3 cm³/mol. The van der Waals surface area contributed by atoms with Crippen LogP contribution in [0.1, 0.15) is 24.3 Å². The summed E-state index contributed by atoms with van der Waals surface area (Å²) in [5, 5.41) is 9.29. The Morgan fingerprint density at radius 2 is 2.31 bits per heavy atom. The molecule has 1 aromatic heterocycles. The molecule has 0 bridgehead atoms. The van der Waals surface area contributed by atoms with E-state index in [0.29, 0.717) is 5.13 Å². The maximum Gasteiger partial charge on any atom is 0.203 e. The highest BCUT2D eigenvalue weighted by molar-refractivity contribution is 7.15. The fourth-order valence-electron chi connectivity index (χ4n) is 1.01. The van der Waals surface area contributed by atoms with E-state index in [9.17, 15) is 0 Å². The number of aryl methyl sites for hydroxylation is 1. The van der Waals surface area contributed by atoms with Gasteiger partial charge in [-0.1, -0.05) is 11.3 Å². The van der Waals surface area contributed by atoms with Crippen LogP contribution in [0.2, 0.25) is 0 Å². The number of aliphatic imine (C=N–C) groups is 1. The molecule has 13 heavy (non-hydrogen) atoms. The molecule has 5 heteroatoms. The molecular weight excluding hydrogens is 184 g/mol. The number of aromatic nitrogens is 2. The molecule has 0 atom stereocenters. The van der Waals surface area contributed by atoms with Crippen LogP contribution in [0.5, 0.6) is 0 Å². The van der Waals surface area contributed by atoms with E-state index in [-0.39, 0.29) is 0 Å². The molecule has 1 heterocycles. The Balaban J connectivity index is 2.13. The second kappa shape index (κ2) is 5.64. The molecule has 0 aromatic carbocycles. The molecule has 0 aliphatic rings. The summed E-state index contributed by atoms with van der Waals surface area (Å²) < 4.78 is 0. The van der Waals surface area contributed by atoms with Gasteiger partial charge in [0, 0.05) is 13.5 Å². The average molecular weight is 198 g/mol. The Morgan fingerprint density at radius 1 is 1.46 bits per heavy atom. The Bertz CT molecular complexity index is 269. The predicted octanol–water partition coefficient (Wildman–Crippen LogP) is 1.53. The van der Waals surface area contributed by atoms with Crippen molar-refractivity contribution < 1.29 is 0 Å². The number of nitrogens with two attached hydrogens (primary N) is 1. The molecule has 0 aliphatic carbocycles. The van der Waals surface area contributed by atoms with E-state index in [1.807, 2.05) is 6.21 Å². The number of hydrogen-bond acceptors (Lipinski definition) is 5. The average Bonchev–Trinajstić information content (AvgIpc) is 2.51. The van der Waals surface area contributed by atoms with Crippen molar-refractivity contribution in [2.24, 2.45) is 4.99 Å². The summed E-state index contributed by atoms with van der Waals surface area (Å²) in [7, 11) is 1.80. The summed E-state index contributed by atoms with van der Waals surface area (Å²) in [4.78, 5) is 3.91. The number of nitrogen functional groups attached to an aromatic ring is 1. The Hall–Kier alpha value is -0.970. The summed E-state index contributed by atoms with van der Waals surface area (Å²) in [6.45, 7) is 0. The molecule has 0 fully saturated rings. The first-order valence-electron chi connectivity index (χ1n) is 4.31. The van der Waals surface area contributed by atoms with Gasteiger partial charge in [-0.15, -0.1) is 10.2 Å². The van der Waals surface area contributed by atoms with E-state index < -0.39 is 0 Å². The Kier molecular flexibility index (Phi) is 4.39. The van der Waals surface area contributed by atoms with Crippen molar-refractivity contribution in [3.8, 4) is 0 Å². The normalized spacial score (nSPS) is 11.2. The van der Waals surface area contributed by atoms with Crippen molar-refractivity contribution in [3.63, 3.8) is 0 Å². The maximum atomic E-state index is 5.45. The molecular formula is C8H14N4S. The summed E-state index contributed by atoms with van der Waals surface area (Å²) in [5.74, 6) is 0. The van der Waals surface area contributed by atoms with Gasteiger partial charge in [0.1, 0.15) is 5.01 Å². The third-order valence-electron chi connectivity index (χ3n) is 1.64. The van der Waals surface area contributed by atoms with Gasteiger partial charge in [-0.2, -0.15) is 0 Å². The molecule has 0 amide bonds. The molecule has 72 valence electrons. The van der Waals surface area contributed by atoms with E-state index in [4.69, 9.17) is 5.73 Å². The minimum Gasteiger partial charge on any atom is -0.374 e. The number of nitrogens with zero attached hydrogens (tertiary/aromatic N) is 3. The monoisotopic (exact) mass is 198 g/mol. The number of anilines is 1. The first-order chi connectivity index (χ1) is 6.33. The summed E-state index contributed by atoms with van der Waals surface area (Å²) in [5.41, 5.74) is 5.45. The lowest BCUT2D eigenvalue weighted by atomic mass is 10.2. The molecule has 2 N–H and O–H groups in total. The van der Waals surface area contributed by atoms with Crippen LogP contribution in [0.15, 0.2) is 4.99 Å². The van der Waals surface area contributed by atoms with Gasteiger partial charge in [0.25, 0.3) is 0 Å². The quantitative estimate of drug-likeness (QED) is 0.576. The SMILES string of the molecule is CN=CCCCCc1nnc(N)s1. The highest BCUT2D eigenvalue weighted by atomic mass is 32.1. The smallest absolute Gasteiger partial charge is 0.203 e. The second-order valence-corrected chi connectivity index (χ2v) is 3.81. The maximum absolute atomic E-state index is 5.45. The molecule has 4 nitrogen and oxygen atoms in total. The lowest BCUT2D eigenvalue weighted by molar-refractivity contribution is 0.754. The minimum absolute atomic E-state index is 0.560. The van der Waals surface area contributed by atoms with Crippen LogP contribution in [-0.4, -0.2) is 23.5 Å². The van der Waals surface area contributed by atoms with E-state index in [1.54, 1.807) is 7.05 Å². The van der Waals surface area contributed by atoms with E-state index in [2.05, 4.69) is 15.2 Å². The lowest BCUT2D eigenvalue weighted by Crippen LogP contribution is -1.85. The van der Waals surface area contributed by atoms with Crippen molar-refractivity contribution in [3.05, 3.63) is 5.01 Å². The lowest BCUT2D eigenvalue weighted by Gasteiger charge is -1.92. The minimum atomic E-state index is 0.560. The van der Waals surface area contributed by atoms with Crippen LogP contribution in [0, 0.1) is 0 Å². The van der Waals surface area contributed by atoms with Crippen LogP contribution in [0.25, 0.3) is 0 Å². The molecule has 1 aromatic rings. The van der Waals surface area contributed by atoms with E-state index >= 15 is 0 Å². The van der Waals surface area contributed by atoms with Crippen molar-refractivity contribution in [2.45, 2.75) is 25.7 Å². The van der Waals surface area contributed by atoms with E-state index in [1.165, 1.54) is 11.3 Å². The molecule has 0 saturated heterocycles. The van der Waals surface area contributed by atoms with Crippen LogP contribution >= 0.6 is 11.3 Å². The van der Waals surface area contributed by atoms with Crippen molar-refractivity contribution in [2.75, 3.05) is 12.8 Å². The first-order valence-corrected chi connectivity index (χ1v) is 5.13. The van der Waals surface area contributed by atoms with Crippen LogP contribution < -0.4 is 5.73 Å². The second-order valence-electron chi connectivity index (χ2n) is 2.72. The standard InChI is InChI=1S/C8H14N4S/c1-10-6-4-2-3-5-7-11-12-8(9)13-7/h6H,2-5H2,1H3,(H2,9,12). The third-order valence-corrected chi connectivity index (χ3v) is 2.45. The molecule has 1 rings (SSSR count). The van der Waals surface area contributed by atoms with Crippen LogP contribution in [0.3, 0.4) is 0 Å². The largest absolute Gasteiger partial charge is 0.374 e. The van der Waals surface area contributed by atoms with Crippen molar-refractivity contribution in [1.29, 1.82) is 0 Å². The first kappa shape index (κ1) is 10.1. The highest BCUT2D eigenvalue weighted by Gasteiger charge is 1.99. The van der Waals surface area contributed by atoms with Gasteiger partial charge < -0.3 is 10.7 Å². The zero-order valence-electron chi connectivity index (χ0n) is 7.73. The van der Waals surface area contributed by atoms with Gasteiger partial charge in [-0.25, -0.2) is 0 Å². The van der Waals surface area contributed by atoms with Gasteiger partial charge in [-0.05, 0) is 25.5 Å². The van der Waals surface area contributed by atoms with Crippen molar-refractivity contribution >= 4 is 22.7 Å². The zero-order valence-corrected chi connectivity index (χ0v) is 8.55. The van der Waals surface area contributed by atoms with Gasteiger partial charge in [0.15, 0.2) is 0 Å². The van der Waals surface area contributed by atoms with Crippen LogP contribution in [-0.2, 0) is 6.42 Å². The molecule has 0 radical (unpaired) electrons. The van der Waals surface area contributed by atoms with Gasteiger partial charge in [-0.3, -0.25) is 0 Å². The fourth-order valence-corrected chi connectivity index (χ4v) is 1.66. The Labute approximate surface area is 81.9 Å². The van der Waals surface area contributed by atoms with E-state index in [0.717, 1.165) is 30.7 Å². The summed E-state index contributed by atoms with van der Waals surface area (Å²) in [6, 6.07) is 0. The zero-order chi connectivity index (χ0) is 9.52. The molecule has 0 unspecified atom stereocenters. The highest BCUT2D eigenvalue weighted by Crippen LogP contribution is 2.13. The number of hydrogen-bond donors (Lipinski definition) is 1. The van der Waals surface area contributed by atoms with Crippen LogP contribution in [0.4, 0.5) is 5.13 Å².